The van der Waals surface area contributed by atoms with Gasteiger partial charge in [0.25, 0.3) is 0 Å². The number of Topliss-reactive ketones (excluding diaryl/α,β-unsaturated/α-hetero) is 1. The second-order valence-corrected chi connectivity index (χ2v) is 7.60. The highest BCUT2D eigenvalue weighted by atomic mass is 16.1. The number of carbonyl (C=O) groups excluding carboxylic acids is 1. The van der Waals surface area contributed by atoms with Crippen molar-refractivity contribution in [2.75, 3.05) is 63.0 Å². The van der Waals surface area contributed by atoms with Gasteiger partial charge in [-0.3, -0.25) is 14.6 Å². The Labute approximate surface area is 151 Å². The van der Waals surface area contributed by atoms with E-state index in [1.54, 1.807) is 6.92 Å². The van der Waals surface area contributed by atoms with Gasteiger partial charge in [0.2, 0.25) is 0 Å². The summed E-state index contributed by atoms with van der Waals surface area (Å²) in [5, 5.41) is 0. The van der Waals surface area contributed by atoms with Crippen LogP contribution < -0.4 is 10.6 Å². The molecule has 2 saturated heterocycles. The van der Waals surface area contributed by atoms with Crippen LogP contribution >= 0.6 is 0 Å². The molecule has 0 radical (unpaired) electrons. The summed E-state index contributed by atoms with van der Waals surface area (Å²) in [6, 6.07) is 8.17. The molecular weight excluding hydrogens is 312 g/mol. The number of hydrogen-bond donors (Lipinski definition) is 1. The molecule has 138 valence electrons. The molecule has 0 unspecified atom stereocenters. The number of rotatable bonds is 6. The predicted molar refractivity (Wildman–Crippen MR) is 104 cm³/mol. The van der Waals surface area contributed by atoms with Crippen LogP contribution in [0.2, 0.25) is 0 Å². The molecule has 2 aliphatic heterocycles. The first-order chi connectivity index (χ1) is 12.1. The molecule has 1 aromatic rings. The number of para-hydroxylation sites is 2. The topological polar surface area (TPSA) is 52.8 Å². The first kappa shape index (κ1) is 18.2. The molecule has 0 aromatic heterocycles. The zero-order valence-corrected chi connectivity index (χ0v) is 15.5. The highest BCUT2D eigenvalue weighted by Gasteiger charge is 2.22. The van der Waals surface area contributed by atoms with Gasteiger partial charge in [0.05, 0.1) is 17.9 Å². The summed E-state index contributed by atoms with van der Waals surface area (Å²) >= 11 is 0. The van der Waals surface area contributed by atoms with Gasteiger partial charge < -0.3 is 10.6 Å². The van der Waals surface area contributed by atoms with Crippen molar-refractivity contribution in [3.63, 3.8) is 0 Å². The van der Waals surface area contributed by atoms with Crippen LogP contribution in [0.1, 0.15) is 26.2 Å². The van der Waals surface area contributed by atoms with Gasteiger partial charge in [-0.05, 0) is 63.9 Å². The molecule has 2 fully saturated rings. The van der Waals surface area contributed by atoms with Crippen molar-refractivity contribution >= 4 is 17.2 Å². The molecule has 0 bridgehead atoms. The van der Waals surface area contributed by atoms with Crippen LogP contribution in [-0.2, 0) is 4.79 Å². The summed E-state index contributed by atoms with van der Waals surface area (Å²) in [6.07, 6.45) is 3.78. The first-order valence-electron chi connectivity index (χ1n) is 9.65. The van der Waals surface area contributed by atoms with Crippen LogP contribution in [0.3, 0.4) is 0 Å². The van der Waals surface area contributed by atoms with Gasteiger partial charge >= 0.3 is 0 Å². The monoisotopic (exact) mass is 344 g/mol. The Balaban J connectivity index is 1.36. The number of nitrogen functional groups attached to an aromatic ring is 1. The van der Waals surface area contributed by atoms with Crippen molar-refractivity contribution in [1.82, 2.24) is 9.80 Å². The number of hydrogen-bond acceptors (Lipinski definition) is 5. The van der Waals surface area contributed by atoms with Gasteiger partial charge in [0.15, 0.2) is 0 Å². The highest BCUT2D eigenvalue weighted by Crippen LogP contribution is 2.24. The Hall–Kier alpha value is -1.59. The number of piperidine rings is 1. The second kappa shape index (κ2) is 8.68. The van der Waals surface area contributed by atoms with Gasteiger partial charge in [-0.1, -0.05) is 12.1 Å². The maximum Gasteiger partial charge on any atom is 0.143 e. The first-order valence-corrected chi connectivity index (χ1v) is 9.65. The summed E-state index contributed by atoms with van der Waals surface area (Å²) < 4.78 is 0. The summed E-state index contributed by atoms with van der Waals surface area (Å²) in [6.45, 7) is 10.1. The van der Waals surface area contributed by atoms with Gasteiger partial charge in [-0.2, -0.15) is 0 Å². The van der Waals surface area contributed by atoms with E-state index < -0.39 is 0 Å². The van der Waals surface area contributed by atoms with E-state index >= 15 is 0 Å². The Bertz CT molecular complexity index is 561. The molecule has 2 N–H and O–H groups in total. The molecule has 0 atom stereocenters. The minimum absolute atomic E-state index is 0.287. The van der Waals surface area contributed by atoms with Crippen molar-refractivity contribution in [2.24, 2.45) is 5.92 Å². The smallest absolute Gasteiger partial charge is 0.143 e. The molecule has 0 aliphatic carbocycles. The maximum absolute atomic E-state index is 11.2. The Kier molecular flexibility index (Phi) is 6.32. The van der Waals surface area contributed by atoms with Crippen molar-refractivity contribution in [1.29, 1.82) is 0 Å². The number of piperazine rings is 1. The Morgan fingerprint density at radius 2 is 1.72 bits per heavy atom. The number of likely N-dealkylation sites (tertiary alicyclic amines) is 1. The van der Waals surface area contributed by atoms with E-state index in [-0.39, 0.29) is 5.78 Å². The van der Waals surface area contributed by atoms with Crippen LogP contribution in [0.15, 0.2) is 24.3 Å². The second-order valence-electron chi connectivity index (χ2n) is 7.60. The SMILES string of the molecule is CC(=O)CN1CCC(CCN2CCN(c3ccccc3N)CC2)CC1. The number of anilines is 2. The Morgan fingerprint density at radius 3 is 2.36 bits per heavy atom. The van der Waals surface area contributed by atoms with Gasteiger partial charge in [0.1, 0.15) is 5.78 Å². The van der Waals surface area contributed by atoms with Crippen molar-refractivity contribution < 1.29 is 4.79 Å². The summed E-state index contributed by atoms with van der Waals surface area (Å²) in [5.74, 6) is 1.11. The fourth-order valence-electron chi connectivity index (χ4n) is 4.10. The van der Waals surface area contributed by atoms with Crippen LogP contribution in [-0.4, -0.2) is 67.9 Å². The molecule has 3 rings (SSSR count). The van der Waals surface area contributed by atoms with E-state index in [0.717, 1.165) is 50.9 Å². The lowest BCUT2D eigenvalue weighted by Crippen LogP contribution is -2.47. The fraction of sp³-hybridized carbons (Fsp3) is 0.650. The van der Waals surface area contributed by atoms with Crippen molar-refractivity contribution in [3.8, 4) is 0 Å². The van der Waals surface area contributed by atoms with Crippen LogP contribution in [0.4, 0.5) is 11.4 Å². The zero-order valence-electron chi connectivity index (χ0n) is 15.5. The van der Waals surface area contributed by atoms with Gasteiger partial charge in [0, 0.05) is 26.2 Å². The van der Waals surface area contributed by atoms with Crippen LogP contribution in [0.5, 0.6) is 0 Å². The third-order valence-electron chi connectivity index (χ3n) is 5.66. The standard InChI is InChI=1S/C20H32N4O/c1-17(25)16-23-10-7-18(8-11-23)6-9-22-12-14-24(15-13-22)20-5-3-2-4-19(20)21/h2-5,18H,6-16,21H2,1H3. The highest BCUT2D eigenvalue weighted by molar-refractivity contribution is 5.77. The molecule has 1 aromatic carbocycles. The molecule has 25 heavy (non-hydrogen) atoms. The van der Waals surface area contributed by atoms with Gasteiger partial charge in [-0.15, -0.1) is 0 Å². The molecule has 2 heterocycles. The number of ketones is 1. The molecule has 0 amide bonds. The lowest BCUT2D eigenvalue weighted by molar-refractivity contribution is -0.118. The van der Waals surface area contributed by atoms with E-state index in [9.17, 15) is 4.79 Å². The average molecular weight is 345 g/mol. The lowest BCUT2D eigenvalue weighted by atomic mass is 9.93. The van der Waals surface area contributed by atoms with Crippen LogP contribution in [0, 0.1) is 5.92 Å². The minimum Gasteiger partial charge on any atom is -0.397 e. The number of nitrogens with zero attached hydrogens (tertiary/aromatic N) is 3. The molecule has 5 heteroatoms. The summed E-state index contributed by atoms with van der Waals surface area (Å²) in [5.41, 5.74) is 8.17. The maximum atomic E-state index is 11.2. The number of carbonyl (C=O) groups is 1. The van der Waals surface area contributed by atoms with E-state index in [4.69, 9.17) is 5.73 Å². The molecule has 2 aliphatic rings. The molecule has 5 nitrogen and oxygen atoms in total. The molecule has 0 saturated carbocycles. The van der Waals surface area contributed by atoms with E-state index in [0.29, 0.717) is 6.54 Å². The van der Waals surface area contributed by atoms with Gasteiger partial charge in [-0.25, -0.2) is 0 Å². The minimum atomic E-state index is 0.287. The average Bonchev–Trinajstić information content (AvgIpc) is 2.62. The Morgan fingerprint density at radius 1 is 1.04 bits per heavy atom. The normalized spacial score (nSPS) is 20.8. The lowest BCUT2D eigenvalue weighted by Gasteiger charge is -2.38. The molecular formula is C20H32N4O. The summed E-state index contributed by atoms with van der Waals surface area (Å²) in [7, 11) is 0. The molecule has 0 spiro atoms. The largest absolute Gasteiger partial charge is 0.397 e. The van der Waals surface area contributed by atoms with E-state index in [1.807, 2.05) is 12.1 Å². The van der Waals surface area contributed by atoms with E-state index in [1.165, 1.54) is 31.5 Å². The summed E-state index contributed by atoms with van der Waals surface area (Å²) in [4.78, 5) is 18.5. The van der Waals surface area contributed by atoms with E-state index in [2.05, 4.69) is 26.8 Å². The quantitative estimate of drug-likeness (QED) is 0.801. The third-order valence-corrected chi connectivity index (χ3v) is 5.66. The van der Waals surface area contributed by atoms with Crippen molar-refractivity contribution in [2.45, 2.75) is 26.2 Å². The number of nitrogens with two attached hydrogens (primary N) is 1. The third kappa shape index (κ3) is 5.19. The van der Waals surface area contributed by atoms with Crippen LogP contribution in [0.25, 0.3) is 0 Å². The fourth-order valence-corrected chi connectivity index (χ4v) is 4.10. The number of benzene rings is 1. The van der Waals surface area contributed by atoms with Crippen molar-refractivity contribution in [3.05, 3.63) is 24.3 Å². The predicted octanol–water partition coefficient (Wildman–Crippen LogP) is 2.08. The zero-order chi connectivity index (χ0) is 17.6.